The first-order chi connectivity index (χ1) is 7.56. The van der Waals surface area contributed by atoms with Crippen molar-refractivity contribution in [1.82, 2.24) is 9.88 Å². The molecule has 0 aromatic carbocycles. The van der Waals surface area contributed by atoms with Crippen molar-refractivity contribution in [1.29, 1.82) is 5.26 Å². The number of anilines is 1. The highest BCUT2D eigenvalue weighted by Gasteiger charge is 2.17. The minimum absolute atomic E-state index is 0.116. The first-order valence-corrected chi connectivity index (χ1v) is 4.92. The van der Waals surface area contributed by atoms with Gasteiger partial charge in [-0.1, -0.05) is 0 Å². The van der Waals surface area contributed by atoms with E-state index in [1.165, 1.54) is 11.1 Å². The third-order valence-electron chi connectivity index (χ3n) is 2.40. The standard InChI is InChI=1S/C11H14N4O/c1-8(5-6-12)15(2)11(16)9-3-4-10(13)14-7-9/h3-4,7-8H,5H2,1-2H3,(H2,13,14). The number of pyridine rings is 1. The number of hydrogen-bond acceptors (Lipinski definition) is 4. The number of carbonyl (C=O) groups excluding carboxylic acids is 1. The van der Waals surface area contributed by atoms with Gasteiger partial charge in [-0.25, -0.2) is 4.98 Å². The van der Waals surface area contributed by atoms with E-state index < -0.39 is 0 Å². The van der Waals surface area contributed by atoms with Crippen molar-refractivity contribution in [2.75, 3.05) is 12.8 Å². The predicted octanol–water partition coefficient (Wildman–Crippen LogP) is 1.04. The first kappa shape index (κ1) is 12.0. The Morgan fingerprint density at radius 1 is 1.69 bits per heavy atom. The fourth-order valence-corrected chi connectivity index (χ4v) is 1.20. The fourth-order valence-electron chi connectivity index (χ4n) is 1.20. The summed E-state index contributed by atoms with van der Waals surface area (Å²) in [5.74, 6) is 0.222. The van der Waals surface area contributed by atoms with Gasteiger partial charge in [0.15, 0.2) is 0 Å². The largest absolute Gasteiger partial charge is 0.384 e. The van der Waals surface area contributed by atoms with Crippen molar-refractivity contribution in [2.45, 2.75) is 19.4 Å². The van der Waals surface area contributed by atoms with E-state index in [1.807, 2.05) is 13.0 Å². The Bertz CT molecular complexity index is 407. The molecular weight excluding hydrogens is 204 g/mol. The third kappa shape index (κ3) is 2.70. The maximum Gasteiger partial charge on any atom is 0.255 e. The molecule has 1 amide bonds. The zero-order chi connectivity index (χ0) is 12.1. The van der Waals surface area contributed by atoms with Gasteiger partial charge < -0.3 is 10.6 Å². The van der Waals surface area contributed by atoms with Crippen LogP contribution in [0, 0.1) is 11.3 Å². The summed E-state index contributed by atoms with van der Waals surface area (Å²) >= 11 is 0. The lowest BCUT2D eigenvalue weighted by Crippen LogP contribution is -2.34. The van der Waals surface area contributed by atoms with Crippen LogP contribution in [0.4, 0.5) is 5.82 Å². The molecule has 0 saturated heterocycles. The zero-order valence-corrected chi connectivity index (χ0v) is 9.34. The Hall–Kier alpha value is -2.09. The number of carbonyl (C=O) groups is 1. The number of nitriles is 1. The summed E-state index contributed by atoms with van der Waals surface area (Å²) in [6, 6.07) is 5.12. The summed E-state index contributed by atoms with van der Waals surface area (Å²) in [5, 5.41) is 8.56. The monoisotopic (exact) mass is 218 g/mol. The van der Waals surface area contributed by atoms with Crippen LogP contribution in [0.3, 0.4) is 0 Å². The van der Waals surface area contributed by atoms with Crippen LogP contribution in [-0.2, 0) is 0 Å². The van der Waals surface area contributed by atoms with Crippen molar-refractivity contribution in [3.05, 3.63) is 23.9 Å². The van der Waals surface area contributed by atoms with E-state index in [2.05, 4.69) is 4.98 Å². The number of nitrogen functional groups attached to an aromatic ring is 1. The van der Waals surface area contributed by atoms with Gasteiger partial charge in [0.05, 0.1) is 18.1 Å². The van der Waals surface area contributed by atoms with Crippen LogP contribution in [-0.4, -0.2) is 28.9 Å². The number of amides is 1. The molecule has 1 heterocycles. The van der Waals surface area contributed by atoms with Gasteiger partial charge in [-0.05, 0) is 19.1 Å². The molecule has 0 saturated carbocycles. The molecule has 1 aromatic heterocycles. The zero-order valence-electron chi connectivity index (χ0n) is 9.34. The van der Waals surface area contributed by atoms with Crippen LogP contribution in [0.25, 0.3) is 0 Å². The first-order valence-electron chi connectivity index (χ1n) is 4.92. The molecule has 1 unspecified atom stereocenters. The molecular formula is C11H14N4O. The molecule has 0 bridgehead atoms. The molecule has 0 fully saturated rings. The topological polar surface area (TPSA) is 83.0 Å². The average Bonchev–Trinajstić information content (AvgIpc) is 2.28. The molecule has 5 heteroatoms. The van der Waals surface area contributed by atoms with E-state index in [0.29, 0.717) is 17.8 Å². The number of hydrogen-bond donors (Lipinski definition) is 1. The minimum Gasteiger partial charge on any atom is -0.384 e. The highest BCUT2D eigenvalue weighted by molar-refractivity contribution is 5.94. The van der Waals surface area contributed by atoms with E-state index in [4.69, 9.17) is 11.0 Å². The van der Waals surface area contributed by atoms with E-state index in [0.717, 1.165) is 0 Å². The van der Waals surface area contributed by atoms with E-state index in [9.17, 15) is 4.79 Å². The van der Waals surface area contributed by atoms with Crippen molar-refractivity contribution in [3.63, 3.8) is 0 Å². The Kier molecular flexibility index (Phi) is 3.84. The molecule has 0 spiro atoms. The number of nitrogens with two attached hydrogens (primary N) is 1. The summed E-state index contributed by atoms with van der Waals surface area (Å²) in [6.07, 6.45) is 1.75. The molecule has 1 aromatic rings. The van der Waals surface area contributed by atoms with Crippen molar-refractivity contribution in [2.24, 2.45) is 0 Å². The number of nitrogens with zero attached hydrogens (tertiary/aromatic N) is 3. The predicted molar refractivity (Wildman–Crippen MR) is 60.4 cm³/mol. The normalized spacial score (nSPS) is 11.6. The number of aromatic nitrogens is 1. The fraction of sp³-hybridized carbons (Fsp3) is 0.364. The summed E-state index contributed by atoms with van der Waals surface area (Å²) in [6.45, 7) is 1.83. The van der Waals surface area contributed by atoms with E-state index in [-0.39, 0.29) is 11.9 Å². The second kappa shape index (κ2) is 5.12. The Balaban J connectivity index is 2.78. The second-order valence-electron chi connectivity index (χ2n) is 3.60. The van der Waals surface area contributed by atoms with Gasteiger partial charge in [0.2, 0.25) is 0 Å². The van der Waals surface area contributed by atoms with Gasteiger partial charge in [-0.2, -0.15) is 5.26 Å². The highest BCUT2D eigenvalue weighted by atomic mass is 16.2. The molecule has 16 heavy (non-hydrogen) atoms. The lowest BCUT2D eigenvalue weighted by Gasteiger charge is -2.22. The minimum atomic E-state index is -0.157. The molecule has 0 aliphatic carbocycles. The van der Waals surface area contributed by atoms with E-state index >= 15 is 0 Å². The third-order valence-corrected chi connectivity index (χ3v) is 2.40. The van der Waals surface area contributed by atoms with Gasteiger partial charge >= 0.3 is 0 Å². The lowest BCUT2D eigenvalue weighted by molar-refractivity contribution is 0.0746. The van der Waals surface area contributed by atoms with Gasteiger partial charge in [-0.15, -0.1) is 0 Å². The van der Waals surface area contributed by atoms with Gasteiger partial charge in [-0.3, -0.25) is 4.79 Å². The second-order valence-corrected chi connectivity index (χ2v) is 3.60. The maximum absolute atomic E-state index is 11.9. The van der Waals surface area contributed by atoms with Gasteiger partial charge in [0, 0.05) is 19.3 Å². The quantitative estimate of drug-likeness (QED) is 0.821. The maximum atomic E-state index is 11.9. The van der Waals surface area contributed by atoms with Crippen molar-refractivity contribution < 1.29 is 4.79 Å². The van der Waals surface area contributed by atoms with Crippen LogP contribution in [0.2, 0.25) is 0 Å². The van der Waals surface area contributed by atoms with E-state index in [1.54, 1.807) is 19.2 Å². The van der Waals surface area contributed by atoms with Crippen molar-refractivity contribution in [3.8, 4) is 6.07 Å². The van der Waals surface area contributed by atoms with Crippen molar-refractivity contribution >= 4 is 11.7 Å². The molecule has 0 radical (unpaired) electrons. The summed E-state index contributed by atoms with van der Waals surface area (Å²) in [5.41, 5.74) is 5.90. The Labute approximate surface area is 94.5 Å². The molecule has 5 nitrogen and oxygen atoms in total. The molecule has 0 aliphatic heterocycles. The average molecular weight is 218 g/mol. The molecule has 1 atom stereocenters. The smallest absolute Gasteiger partial charge is 0.255 e. The molecule has 84 valence electrons. The van der Waals surface area contributed by atoms with Crippen LogP contribution in [0.5, 0.6) is 0 Å². The SMILES string of the molecule is CC(CC#N)N(C)C(=O)c1ccc(N)nc1. The lowest BCUT2D eigenvalue weighted by atomic mass is 10.2. The molecule has 2 N–H and O–H groups in total. The number of rotatable bonds is 3. The Morgan fingerprint density at radius 2 is 2.38 bits per heavy atom. The summed E-state index contributed by atoms with van der Waals surface area (Å²) in [7, 11) is 1.67. The summed E-state index contributed by atoms with van der Waals surface area (Å²) < 4.78 is 0. The van der Waals surface area contributed by atoms with Crippen LogP contribution < -0.4 is 5.73 Å². The molecule has 1 rings (SSSR count). The van der Waals surface area contributed by atoms with Crippen LogP contribution >= 0.6 is 0 Å². The summed E-state index contributed by atoms with van der Waals surface area (Å²) in [4.78, 5) is 17.3. The van der Waals surface area contributed by atoms with Gasteiger partial charge in [0.25, 0.3) is 5.91 Å². The Morgan fingerprint density at radius 3 is 2.88 bits per heavy atom. The highest BCUT2D eigenvalue weighted by Crippen LogP contribution is 2.08. The van der Waals surface area contributed by atoms with Crippen LogP contribution in [0.15, 0.2) is 18.3 Å². The van der Waals surface area contributed by atoms with Crippen LogP contribution in [0.1, 0.15) is 23.7 Å². The van der Waals surface area contributed by atoms with Gasteiger partial charge in [0.1, 0.15) is 5.82 Å². The molecule has 0 aliphatic rings.